The maximum Gasteiger partial charge on any atom is 0.227 e. The van der Waals surface area contributed by atoms with Gasteiger partial charge in [0.25, 0.3) is 0 Å². The molecule has 1 aliphatic carbocycles. The molecule has 2 heterocycles. The second-order valence-corrected chi connectivity index (χ2v) is 4.76. The minimum atomic E-state index is -0.279. The highest BCUT2D eigenvalue weighted by atomic mass is 16.5. The van der Waals surface area contributed by atoms with Crippen LogP contribution in [0.15, 0.2) is 29.0 Å². The van der Waals surface area contributed by atoms with Gasteiger partial charge in [0.15, 0.2) is 0 Å². The Morgan fingerprint density at radius 2 is 2.47 bits per heavy atom. The summed E-state index contributed by atoms with van der Waals surface area (Å²) in [7, 11) is 0. The molecule has 4 nitrogen and oxygen atoms in total. The maximum atomic E-state index is 9.11. The van der Waals surface area contributed by atoms with Crippen LogP contribution in [0.2, 0.25) is 0 Å². The van der Waals surface area contributed by atoms with Crippen LogP contribution in [0.5, 0.6) is 0 Å². The van der Waals surface area contributed by atoms with Gasteiger partial charge in [-0.1, -0.05) is 6.08 Å². The van der Waals surface area contributed by atoms with Gasteiger partial charge in [-0.3, -0.25) is 0 Å². The third-order valence-corrected chi connectivity index (χ3v) is 3.86. The highest BCUT2D eigenvalue weighted by Gasteiger charge is 2.62. The van der Waals surface area contributed by atoms with Gasteiger partial charge in [0.1, 0.15) is 23.3 Å². The van der Waals surface area contributed by atoms with Crippen LogP contribution in [0, 0.1) is 23.2 Å². The summed E-state index contributed by atoms with van der Waals surface area (Å²) in [6.07, 6.45) is 5.89. The molecule has 3 rings (SSSR count). The first kappa shape index (κ1) is 10.4. The van der Waals surface area contributed by atoms with E-state index in [9.17, 15) is 0 Å². The standard InChI is InChI=1S/C13H14N2O2/c1-3-16-12-8(7-14)6-10-9-4-5-17-11(9)13(10,2)15-12/h4-6,9-11H,3H2,1-2H3/t9-,10-,11-,13+/m1/s1. The van der Waals surface area contributed by atoms with Gasteiger partial charge in [-0.05, 0) is 19.9 Å². The van der Waals surface area contributed by atoms with Crippen molar-refractivity contribution in [3.63, 3.8) is 0 Å². The van der Waals surface area contributed by atoms with Gasteiger partial charge in [-0.25, -0.2) is 4.99 Å². The fourth-order valence-electron chi connectivity index (χ4n) is 2.99. The van der Waals surface area contributed by atoms with E-state index in [-0.39, 0.29) is 17.6 Å². The van der Waals surface area contributed by atoms with E-state index < -0.39 is 0 Å². The monoisotopic (exact) mass is 230 g/mol. The van der Waals surface area contributed by atoms with Gasteiger partial charge in [-0.2, -0.15) is 5.26 Å². The summed E-state index contributed by atoms with van der Waals surface area (Å²) in [5, 5.41) is 9.11. The molecule has 88 valence electrons. The number of ether oxygens (including phenoxy) is 2. The van der Waals surface area contributed by atoms with E-state index in [1.807, 2.05) is 13.0 Å². The van der Waals surface area contributed by atoms with Crippen molar-refractivity contribution < 1.29 is 9.47 Å². The normalized spacial score (nSPS) is 41.1. The van der Waals surface area contributed by atoms with Crippen LogP contribution in [-0.4, -0.2) is 24.1 Å². The zero-order valence-electron chi connectivity index (χ0n) is 9.88. The Morgan fingerprint density at radius 1 is 1.65 bits per heavy atom. The van der Waals surface area contributed by atoms with Gasteiger partial charge >= 0.3 is 0 Å². The van der Waals surface area contributed by atoms with Gasteiger partial charge in [0.2, 0.25) is 5.90 Å². The average Bonchev–Trinajstić information content (AvgIpc) is 2.75. The zero-order chi connectivity index (χ0) is 12.0. The summed E-state index contributed by atoms with van der Waals surface area (Å²) in [5.41, 5.74) is 0.270. The molecule has 1 saturated carbocycles. The summed E-state index contributed by atoms with van der Waals surface area (Å²) >= 11 is 0. The highest BCUT2D eigenvalue weighted by molar-refractivity contribution is 5.98. The van der Waals surface area contributed by atoms with E-state index >= 15 is 0 Å². The van der Waals surface area contributed by atoms with Crippen molar-refractivity contribution in [1.82, 2.24) is 0 Å². The zero-order valence-corrected chi connectivity index (χ0v) is 9.88. The summed E-state index contributed by atoms with van der Waals surface area (Å²) in [6, 6.07) is 2.16. The lowest BCUT2D eigenvalue weighted by Gasteiger charge is -2.53. The van der Waals surface area contributed by atoms with Crippen molar-refractivity contribution in [2.24, 2.45) is 16.8 Å². The number of nitriles is 1. The second kappa shape index (κ2) is 3.36. The first-order valence-electron chi connectivity index (χ1n) is 5.87. The van der Waals surface area contributed by atoms with Gasteiger partial charge < -0.3 is 9.47 Å². The molecule has 2 aliphatic heterocycles. The molecule has 0 aromatic heterocycles. The van der Waals surface area contributed by atoms with Crippen LogP contribution >= 0.6 is 0 Å². The fourth-order valence-corrected chi connectivity index (χ4v) is 2.99. The highest BCUT2D eigenvalue weighted by Crippen LogP contribution is 2.54. The van der Waals surface area contributed by atoms with Crippen LogP contribution in [-0.2, 0) is 9.47 Å². The summed E-state index contributed by atoms with van der Waals surface area (Å²) in [6.45, 7) is 4.48. The molecular formula is C13H14N2O2. The van der Waals surface area contributed by atoms with Crippen LogP contribution in [0.4, 0.5) is 0 Å². The number of nitrogens with zero attached hydrogens (tertiary/aromatic N) is 2. The molecular weight excluding hydrogens is 216 g/mol. The third kappa shape index (κ3) is 1.20. The number of aliphatic imine (C=N–C) groups is 1. The molecule has 0 radical (unpaired) electrons. The van der Waals surface area contributed by atoms with Crippen LogP contribution in [0.25, 0.3) is 0 Å². The van der Waals surface area contributed by atoms with E-state index in [2.05, 4.69) is 24.1 Å². The molecule has 4 atom stereocenters. The van der Waals surface area contributed by atoms with Gasteiger partial charge in [-0.15, -0.1) is 0 Å². The van der Waals surface area contributed by atoms with E-state index in [0.717, 1.165) is 0 Å². The Morgan fingerprint density at radius 3 is 3.18 bits per heavy atom. The number of dihydropyridines is 1. The Balaban J connectivity index is 1.97. The average molecular weight is 230 g/mol. The Hall–Kier alpha value is -1.76. The van der Waals surface area contributed by atoms with Crippen molar-refractivity contribution in [3.05, 3.63) is 24.0 Å². The predicted octanol–water partition coefficient (Wildman–Crippen LogP) is 1.80. The predicted molar refractivity (Wildman–Crippen MR) is 62.2 cm³/mol. The van der Waals surface area contributed by atoms with E-state index in [4.69, 9.17) is 14.7 Å². The maximum absolute atomic E-state index is 9.11. The molecule has 0 aromatic carbocycles. The van der Waals surface area contributed by atoms with E-state index in [1.165, 1.54) is 0 Å². The Labute approximate surface area is 100 Å². The van der Waals surface area contributed by atoms with Crippen molar-refractivity contribution in [2.75, 3.05) is 6.61 Å². The van der Waals surface area contributed by atoms with Crippen LogP contribution < -0.4 is 0 Å². The Bertz CT molecular complexity index is 486. The smallest absolute Gasteiger partial charge is 0.227 e. The molecule has 3 aliphatic rings. The molecule has 4 heteroatoms. The second-order valence-electron chi connectivity index (χ2n) is 4.76. The van der Waals surface area contributed by atoms with Crippen molar-refractivity contribution in [2.45, 2.75) is 25.5 Å². The lowest BCUT2D eigenvalue weighted by atomic mass is 9.57. The molecule has 0 N–H and O–H groups in total. The lowest BCUT2D eigenvalue weighted by Crippen LogP contribution is -2.63. The molecule has 0 spiro atoms. The van der Waals surface area contributed by atoms with Gasteiger partial charge in [0, 0.05) is 11.8 Å². The van der Waals surface area contributed by atoms with Crippen molar-refractivity contribution >= 4 is 5.90 Å². The van der Waals surface area contributed by atoms with Gasteiger partial charge in [0.05, 0.1) is 12.9 Å². The first-order chi connectivity index (χ1) is 8.20. The number of hydrogen-bond donors (Lipinski definition) is 0. The first-order valence-corrected chi connectivity index (χ1v) is 5.87. The van der Waals surface area contributed by atoms with Crippen LogP contribution in [0.3, 0.4) is 0 Å². The van der Waals surface area contributed by atoms with E-state index in [1.54, 1.807) is 6.26 Å². The number of fused-ring (bicyclic) bond motifs is 4. The minimum absolute atomic E-state index is 0.0967. The SMILES string of the molecule is CCOC1=N[C@@]2(C)[C@H](C=C1C#N)[C@H]1C=CO[C@H]12. The Kier molecular flexibility index (Phi) is 2.06. The largest absolute Gasteiger partial charge is 0.495 e. The molecule has 0 amide bonds. The molecule has 0 aromatic rings. The summed E-state index contributed by atoms with van der Waals surface area (Å²) in [5.74, 6) is 1.07. The molecule has 0 saturated heterocycles. The lowest BCUT2D eigenvalue weighted by molar-refractivity contribution is -0.0567. The molecule has 17 heavy (non-hydrogen) atoms. The number of rotatable bonds is 1. The van der Waals surface area contributed by atoms with Crippen LogP contribution in [0.1, 0.15) is 13.8 Å². The molecule has 0 bridgehead atoms. The summed E-state index contributed by atoms with van der Waals surface area (Å²) in [4.78, 5) is 4.61. The number of hydrogen-bond acceptors (Lipinski definition) is 4. The third-order valence-electron chi connectivity index (χ3n) is 3.86. The quantitative estimate of drug-likeness (QED) is 0.690. The topological polar surface area (TPSA) is 54.6 Å². The molecule has 1 fully saturated rings. The summed E-state index contributed by atoms with van der Waals surface area (Å²) < 4.78 is 11.0. The van der Waals surface area contributed by atoms with Crippen molar-refractivity contribution in [3.8, 4) is 6.07 Å². The fraction of sp³-hybridized carbons (Fsp3) is 0.538. The van der Waals surface area contributed by atoms with E-state index in [0.29, 0.717) is 24.0 Å². The molecule has 0 unspecified atom stereocenters. The van der Waals surface area contributed by atoms with Crippen molar-refractivity contribution in [1.29, 1.82) is 5.26 Å². The minimum Gasteiger partial charge on any atom is -0.495 e.